The van der Waals surface area contributed by atoms with Crippen LogP contribution in [0.3, 0.4) is 0 Å². The van der Waals surface area contributed by atoms with Crippen LogP contribution >= 0.6 is 22.7 Å². The molecule has 0 unspecified atom stereocenters. The van der Waals surface area contributed by atoms with Crippen LogP contribution in [0.2, 0.25) is 0 Å². The van der Waals surface area contributed by atoms with Gasteiger partial charge >= 0.3 is 24.4 Å². The molecule has 7 N–H and O–H groups in total. The Morgan fingerprint density at radius 2 is 0.930 bits per heavy atom. The molecule has 476 valence electrons. The molecule has 0 atom stereocenters. The lowest BCUT2D eigenvalue weighted by atomic mass is 9.86. The number of amides is 4. The van der Waals surface area contributed by atoms with E-state index >= 15 is 0 Å². The van der Waals surface area contributed by atoms with Crippen LogP contribution in [0.25, 0.3) is 20.9 Å². The Morgan fingerprint density at radius 1 is 0.547 bits per heavy atom. The van der Waals surface area contributed by atoms with Gasteiger partial charge in [0.1, 0.15) is 0 Å². The zero-order valence-electron chi connectivity index (χ0n) is 51.6. The number of alkyl carbamates (subject to hydrolysis) is 2. The zero-order chi connectivity index (χ0) is 62.4. The molecule has 1 saturated heterocycles. The van der Waals surface area contributed by atoms with Gasteiger partial charge in [0.15, 0.2) is 0 Å². The number of piperidine rings is 1. The quantitative estimate of drug-likeness (QED) is 0.0456. The van der Waals surface area contributed by atoms with Crippen LogP contribution < -0.4 is 36.0 Å². The third-order valence-corrected chi connectivity index (χ3v) is 21.0. The highest BCUT2D eigenvalue weighted by Crippen LogP contribution is 2.42. The van der Waals surface area contributed by atoms with Gasteiger partial charge in [0.05, 0.1) is 55.0 Å². The van der Waals surface area contributed by atoms with Crippen LogP contribution in [0, 0.1) is 11.8 Å². The molecule has 21 nitrogen and oxygen atoms in total. The van der Waals surface area contributed by atoms with Gasteiger partial charge in [0.2, 0.25) is 20.0 Å². The molecule has 25 heteroatoms. The molecule has 2 aromatic carbocycles. The van der Waals surface area contributed by atoms with Crippen LogP contribution in [-0.4, -0.2) is 113 Å². The average Bonchev–Trinajstić information content (AvgIpc) is 1.45. The molecule has 4 aliphatic rings. The van der Waals surface area contributed by atoms with Crippen molar-refractivity contribution in [2.75, 3.05) is 36.9 Å². The number of ether oxygens (including phenoxy) is 4. The van der Waals surface area contributed by atoms with Gasteiger partial charge in [-0.05, 0) is 195 Å². The van der Waals surface area contributed by atoms with Gasteiger partial charge in [-0.3, -0.25) is 10.6 Å². The Hall–Kier alpha value is -5.44. The van der Waals surface area contributed by atoms with E-state index in [1.54, 1.807) is 78.2 Å². The molecule has 4 amide bonds. The Morgan fingerprint density at radius 3 is 1.30 bits per heavy atom. The summed E-state index contributed by atoms with van der Waals surface area (Å²) in [6.07, 6.45) is 15.4. The van der Waals surface area contributed by atoms with Crippen molar-refractivity contribution in [2.45, 2.75) is 223 Å². The van der Waals surface area contributed by atoms with Gasteiger partial charge in [-0.15, -0.1) is 22.7 Å². The first-order valence-electron chi connectivity index (χ1n) is 30.4. The van der Waals surface area contributed by atoms with Crippen molar-refractivity contribution < 1.29 is 55.0 Å². The molecular formula is C61H91N9O12S4. The predicted molar refractivity (Wildman–Crippen MR) is 337 cm³/mol. The van der Waals surface area contributed by atoms with E-state index in [0.29, 0.717) is 47.6 Å². The highest BCUT2D eigenvalue weighted by molar-refractivity contribution is 7.90. The highest BCUT2D eigenvalue weighted by atomic mass is 32.2. The number of carbonyl (C=O) groups is 4. The fourth-order valence-corrected chi connectivity index (χ4v) is 16.8. The number of hydrogen-bond acceptors (Lipinski definition) is 17. The summed E-state index contributed by atoms with van der Waals surface area (Å²) >= 11 is 2.96. The second-order valence-corrected chi connectivity index (χ2v) is 31.1. The molecule has 1 aliphatic heterocycles. The lowest BCUT2D eigenvalue weighted by Gasteiger charge is -2.28. The van der Waals surface area contributed by atoms with E-state index in [-0.39, 0.29) is 58.1 Å². The fourth-order valence-electron chi connectivity index (χ4n) is 11.1. The first-order valence-corrected chi connectivity index (χ1v) is 35.0. The standard InChI is InChI=1S/C31H46N4O6S2.C30H45N5O6S2/c1-20(2)41-30(37)33-23-13-11-22(12-14-23)28-32-18-26(42-28)25-16-15-24(17-27(25)43(38,39)35-31(3,4)5)34-29(36)40-19-21-9-7-6-8-10-21;1-19(2)41-29(37)33-22-8-6-21(7-9-22)27-32-17-25(42-27)24-11-10-23(16-26(24)43(38,39)35-30(3,4)5)34-28(36)40-18-20-12-14-31-15-13-20/h15-18,20-23,35H,6-14,19H2,1-5H3,(H,33,37)(H,34,36);10-11,16-17,19-22,31,35H,6-9,12-15,18H2,1-5H3,(H,33,37)(H,34,36). The largest absolute Gasteiger partial charge is 0.449 e. The lowest BCUT2D eigenvalue weighted by Crippen LogP contribution is -2.40. The Balaban J connectivity index is 0.000000246. The van der Waals surface area contributed by atoms with E-state index in [2.05, 4.69) is 46.0 Å². The monoisotopic (exact) mass is 1270 g/mol. The smallest absolute Gasteiger partial charge is 0.411 e. The van der Waals surface area contributed by atoms with Gasteiger partial charge in [-0.1, -0.05) is 31.4 Å². The number of thiazole rings is 2. The third kappa shape index (κ3) is 21.4. The van der Waals surface area contributed by atoms with Gasteiger partial charge in [-0.2, -0.15) is 0 Å². The minimum Gasteiger partial charge on any atom is -0.449 e. The number of hydrogen-bond donors (Lipinski definition) is 7. The van der Waals surface area contributed by atoms with E-state index < -0.39 is 43.3 Å². The van der Waals surface area contributed by atoms with E-state index in [1.165, 1.54) is 41.2 Å². The summed E-state index contributed by atoms with van der Waals surface area (Å²) in [6.45, 7) is 20.5. The zero-order valence-corrected chi connectivity index (χ0v) is 54.9. The molecule has 3 saturated carbocycles. The molecule has 0 radical (unpaired) electrons. The van der Waals surface area contributed by atoms with Crippen molar-refractivity contribution in [3.8, 4) is 20.9 Å². The second kappa shape index (κ2) is 30.7. The molecule has 0 spiro atoms. The van der Waals surface area contributed by atoms with Gasteiger partial charge < -0.3 is 34.9 Å². The molecule has 0 bridgehead atoms. The van der Waals surface area contributed by atoms with E-state index in [4.69, 9.17) is 18.9 Å². The number of benzene rings is 2. The van der Waals surface area contributed by atoms with Crippen molar-refractivity contribution in [3.05, 3.63) is 58.8 Å². The van der Waals surface area contributed by atoms with Crippen molar-refractivity contribution in [3.63, 3.8) is 0 Å². The van der Waals surface area contributed by atoms with Crippen molar-refractivity contribution in [1.29, 1.82) is 0 Å². The predicted octanol–water partition coefficient (Wildman–Crippen LogP) is 12.8. The van der Waals surface area contributed by atoms with Gasteiger partial charge in [0, 0.05) is 69.9 Å². The Bertz CT molecular complexity index is 2920. The first kappa shape index (κ1) is 68.1. The van der Waals surface area contributed by atoms with Crippen molar-refractivity contribution >= 4 is 78.5 Å². The first-order chi connectivity index (χ1) is 40.6. The van der Waals surface area contributed by atoms with Crippen molar-refractivity contribution in [2.24, 2.45) is 11.8 Å². The molecule has 2 aromatic heterocycles. The molecule has 3 aliphatic carbocycles. The highest BCUT2D eigenvalue weighted by Gasteiger charge is 2.32. The number of anilines is 2. The fraction of sp³-hybridized carbons (Fsp3) is 0.639. The molecule has 86 heavy (non-hydrogen) atoms. The summed E-state index contributed by atoms with van der Waals surface area (Å²) in [4.78, 5) is 60.0. The number of carbonyl (C=O) groups excluding carboxylic acids is 4. The lowest BCUT2D eigenvalue weighted by molar-refractivity contribution is 0.108. The normalized spacial score (nSPS) is 20.0. The number of aromatic nitrogens is 2. The maximum absolute atomic E-state index is 13.6. The second-order valence-electron chi connectivity index (χ2n) is 25.7. The number of nitrogens with one attached hydrogen (secondary N) is 7. The minimum atomic E-state index is -3.95. The maximum Gasteiger partial charge on any atom is 0.411 e. The average molecular weight is 1270 g/mol. The summed E-state index contributed by atoms with van der Waals surface area (Å²) in [5, 5.41) is 16.5. The van der Waals surface area contributed by atoms with Crippen LogP contribution in [-0.2, 0) is 39.0 Å². The number of sulfonamides is 2. The van der Waals surface area contributed by atoms with Crippen LogP contribution in [0.5, 0.6) is 0 Å². The minimum absolute atomic E-state index is 0.0605. The molecule has 4 fully saturated rings. The van der Waals surface area contributed by atoms with Crippen LogP contribution in [0.4, 0.5) is 30.6 Å². The van der Waals surface area contributed by atoms with E-state index in [9.17, 15) is 36.0 Å². The topological polar surface area (TPSA) is 283 Å². The van der Waals surface area contributed by atoms with Gasteiger partial charge in [0.25, 0.3) is 0 Å². The van der Waals surface area contributed by atoms with E-state index in [1.807, 2.05) is 27.7 Å². The van der Waals surface area contributed by atoms with Gasteiger partial charge in [-0.25, -0.2) is 55.4 Å². The molecule has 3 heterocycles. The molecular weight excluding hydrogens is 1180 g/mol. The number of nitrogens with zero attached hydrogens (tertiary/aromatic N) is 2. The molecule has 4 aromatic rings. The Labute approximate surface area is 516 Å². The van der Waals surface area contributed by atoms with Crippen molar-refractivity contribution in [1.82, 2.24) is 35.4 Å². The summed E-state index contributed by atoms with van der Waals surface area (Å²) < 4.78 is 81.2. The SMILES string of the molecule is CC(C)OC(=O)NC1CCC(c2ncc(-c3ccc(NC(=O)OCC4CCCCC4)cc3S(=O)(=O)NC(C)(C)C)s2)CC1.CC(C)OC(=O)NC1CCC(c2ncc(-c3ccc(NC(=O)OCC4CCNCC4)cc3S(=O)(=O)NC(C)(C)C)s2)CC1. The summed E-state index contributed by atoms with van der Waals surface area (Å²) in [5.74, 6) is 1.14. The maximum atomic E-state index is 13.6. The summed E-state index contributed by atoms with van der Waals surface area (Å²) in [7, 11) is -7.89. The Kier molecular flexibility index (Phi) is 24.3. The number of rotatable bonds is 18. The summed E-state index contributed by atoms with van der Waals surface area (Å²) in [5.41, 5.74) is 0.305. The molecule has 8 rings (SSSR count). The third-order valence-electron chi connectivity index (χ3n) is 15.1. The van der Waals surface area contributed by atoms with E-state index in [0.717, 1.165) is 123 Å². The summed E-state index contributed by atoms with van der Waals surface area (Å²) in [6, 6.07) is 9.89. The van der Waals surface area contributed by atoms with Crippen LogP contribution in [0.1, 0.15) is 187 Å². The van der Waals surface area contributed by atoms with Crippen LogP contribution in [0.15, 0.2) is 58.6 Å².